The van der Waals surface area contributed by atoms with E-state index < -0.39 is 0 Å². The standard InChI is InChI=1S/C9H10BrClN2/c10-7-4-12-9(13-5-7)3-8(11)6-1-2-6/h4-6,8H,1-3H2. The van der Waals surface area contributed by atoms with Crippen LogP contribution in [0.25, 0.3) is 0 Å². The highest BCUT2D eigenvalue weighted by atomic mass is 79.9. The van der Waals surface area contributed by atoms with Crippen LogP contribution in [0.4, 0.5) is 0 Å². The predicted octanol–water partition coefficient (Wildman–Crippen LogP) is 2.80. The summed E-state index contributed by atoms with van der Waals surface area (Å²) < 4.78 is 0.911. The van der Waals surface area contributed by atoms with E-state index in [9.17, 15) is 0 Å². The summed E-state index contributed by atoms with van der Waals surface area (Å²) in [6.07, 6.45) is 6.85. The number of hydrogen-bond acceptors (Lipinski definition) is 2. The van der Waals surface area contributed by atoms with Gasteiger partial charge in [-0.25, -0.2) is 9.97 Å². The molecule has 13 heavy (non-hydrogen) atoms. The zero-order valence-corrected chi connectivity index (χ0v) is 9.42. The van der Waals surface area contributed by atoms with E-state index in [1.807, 2.05) is 0 Å². The van der Waals surface area contributed by atoms with Gasteiger partial charge in [-0.05, 0) is 34.7 Å². The molecule has 0 spiro atoms. The van der Waals surface area contributed by atoms with Crippen molar-refractivity contribution in [2.45, 2.75) is 24.6 Å². The number of hydrogen-bond donors (Lipinski definition) is 0. The van der Waals surface area contributed by atoms with Crippen LogP contribution < -0.4 is 0 Å². The third-order valence-electron chi connectivity index (χ3n) is 2.18. The third kappa shape index (κ3) is 2.64. The molecule has 4 heteroatoms. The maximum atomic E-state index is 6.16. The van der Waals surface area contributed by atoms with Crippen molar-refractivity contribution in [1.29, 1.82) is 0 Å². The van der Waals surface area contributed by atoms with Gasteiger partial charge < -0.3 is 0 Å². The highest BCUT2D eigenvalue weighted by molar-refractivity contribution is 9.10. The van der Waals surface area contributed by atoms with Crippen LogP contribution in [0.3, 0.4) is 0 Å². The van der Waals surface area contributed by atoms with Crippen molar-refractivity contribution in [3.63, 3.8) is 0 Å². The van der Waals surface area contributed by atoms with Gasteiger partial charge in [0.25, 0.3) is 0 Å². The molecule has 1 unspecified atom stereocenters. The van der Waals surface area contributed by atoms with E-state index in [2.05, 4.69) is 25.9 Å². The lowest BCUT2D eigenvalue weighted by Gasteiger charge is -2.05. The molecule has 70 valence electrons. The minimum absolute atomic E-state index is 0.223. The minimum atomic E-state index is 0.223. The predicted molar refractivity (Wildman–Crippen MR) is 55.8 cm³/mol. The fourth-order valence-electron chi connectivity index (χ4n) is 1.24. The van der Waals surface area contributed by atoms with Crippen LogP contribution in [-0.2, 0) is 6.42 Å². The third-order valence-corrected chi connectivity index (χ3v) is 3.11. The number of rotatable bonds is 3. The first kappa shape index (κ1) is 9.41. The molecule has 0 N–H and O–H groups in total. The first-order chi connectivity index (χ1) is 6.25. The van der Waals surface area contributed by atoms with Crippen LogP contribution in [0.2, 0.25) is 0 Å². The number of halogens is 2. The van der Waals surface area contributed by atoms with Gasteiger partial charge >= 0.3 is 0 Å². The zero-order valence-electron chi connectivity index (χ0n) is 7.08. The molecule has 0 aromatic carbocycles. The van der Waals surface area contributed by atoms with Crippen molar-refractivity contribution >= 4 is 27.5 Å². The molecule has 1 heterocycles. The molecule has 0 bridgehead atoms. The molecule has 2 rings (SSSR count). The Kier molecular flexibility index (Phi) is 2.84. The average molecular weight is 262 g/mol. The summed E-state index contributed by atoms with van der Waals surface area (Å²) in [5.41, 5.74) is 0. The lowest BCUT2D eigenvalue weighted by molar-refractivity contribution is 0.706. The van der Waals surface area contributed by atoms with Crippen LogP contribution in [0.5, 0.6) is 0 Å². The maximum Gasteiger partial charge on any atom is 0.129 e. The van der Waals surface area contributed by atoms with E-state index in [4.69, 9.17) is 11.6 Å². The van der Waals surface area contributed by atoms with Crippen molar-refractivity contribution in [2.75, 3.05) is 0 Å². The topological polar surface area (TPSA) is 25.8 Å². The second-order valence-corrected chi connectivity index (χ2v) is 4.85. The Morgan fingerprint density at radius 3 is 2.62 bits per heavy atom. The van der Waals surface area contributed by atoms with E-state index in [-0.39, 0.29) is 5.38 Å². The lowest BCUT2D eigenvalue weighted by Crippen LogP contribution is -2.08. The second kappa shape index (κ2) is 3.93. The van der Waals surface area contributed by atoms with Crippen molar-refractivity contribution in [1.82, 2.24) is 9.97 Å². The molecule has 1 atom stereocenters. The zero-order chi connectivity index (χ0) is 9.26. The van der Waals surface area contributed by atoms with Gasteiger partial charge in [0.05, 0.1) is 4.47 Å². The molecular formula is C9H10BrClN2. The van der Waals surface area contributed by atoms with Gasteiger partial charge in [0.1, 0.15) is 5.82 Å². The van der Waals surface area contributed by atoms with Crippen molar-refractivity contribution in [3.05, 3.63) is 22.7 Å². The molecule has 2 nitrogen and oxygen atoms in total. The van der Waals surface area contributed by atoms with Gasteiger partial charge in [-0.2, -0.15) is 0 Å². The summed E-state index contributed by atoms with van der Waals surface area (Å²) in [6.45, 7) is 0. The minimum Gasteiger partial charge on any atom is -0.240 e. The number of alkyl halides is 1. The first-order valence-corrected chi connectivity index (χ1v) is 5.59. The van der Waals surface area contributed by atoms with E-state index in [0.29, 0.717) is 5.92 Å². The summed E-state index contributed by atoms with van der Waals surface area (Å²) in [4.78, 5) is 8.37. The molecule has 1 fully saturated rings. The lowest BCUT2D eigenvalue weighted by atomic mass is 10.2. The molecule has 1 aromatic heterocycles. The summed E-state index contributed by atoms with van der Waals surface area (Å²) in [6, 6.07) is 0. The van der Waals surface area contributed by atoms with Crippen LogP contribution in [-0.4, -0.2) is 15.3 Å². The summed E-state index contributed by atoms with van der Waals surface area (Å²) >= 11 is 9.46. The Balaban J connectivity index is 1.96. The average Bonchev–Trinajstić information content (AvgIpc) is 2.91. The molecule has 1 saturated carbocycles. The van der Waals surface area contributed by atoms with Gasteiger partial charge in [-0.3, -0.25) is 0 Å². The normalized spacial score (nSPS) is 18.6. The monoisotopic (exact) mass is 260 g/mol. The smallest absolute Gasteiger partial charge is 0.129 e. The van der Waals surface area contributed by atoms with Crippen LogP contribution in [0.15, 0.2) is 16.9 Å². The Morgan fingerprint density at radius 1 is 1.46 bits per heavy atom. The molecular weight excluding hydrogens is 251 g/mol. The van der Waals surface area contributed by atoms with Crippen molar-refractivity contribution in [3.8, 4) is 0 Å². The Labute approximate surface area is 90.9 Å². The molecule has 0 aliphatic heterocycles. The van der Waals surface area contributed by atoms with E-state index >= 15 is 0 Å². The Bertz CT molecular complexity index is 284. The molecule has 1 aromatic rings. The quantitative estimate of drug-likeness (QED) is 0.782. The number of nitrogens with zero attached hydrogens (tertiary/aromatic N) is 2. The Morgan fingerprint density at radius 2 is 2.08 bits per heavy atom. The SMILES string of the molecule is ClC(Cc1ncc(Br)cn1)C1CC1. The first-order valence-electron chi connectivity index (χ1n) is 4.36. The fourth-order valence-corrected chi connectivity index (χ4v) is 1.84. The Hall–Kier alpha value is -0.150. The molecule has 1 aliphatic carbocycles. The number of aromatic nitrogens is 2. The maximum absolute atomic E-state index is 6.16. The highest BCUT2D eigenvalue weighted by Gasteiger charge is 2.30. The molecule has 0 radical (unpaired) electrons. The van der Waals surface area contributed by atoms with Crippen molar-refractivity contribution in [2.24, 2.45) is 5.92 Å². The van der Waals surface area contributed by atoms with Crippen molar-refractivity contribution < 1.29 is 0 Å². The van der Waals surface area contributed by atoms with E-state index in [1.165, 1.54) is 12.8 Å². The van der Waals surface area contributed by atoms with Gasteiger partial charge in [-0.15, -0.1) is 11.6 Å². The second-order valence-electron chi connectivity index (χ2n) is 3.38. The van der Waals surface area contributed by atoms with E-state index in [0.717, 1.165) is 16.7 Å². The van der Waals surface area contributed by atoms with Crippen LogP contribution >= 0.6 is 27.5 Å². The highest BCUT2D eigenvalue weighted by Crippen LogP contribution is 2.36. The summed E-state index contributed by atoms with van der Waals surface area (Å²) in [5.74, 6) is 1.55. The summed E-state index contributed by atoms with van der Waals surface area (Å²) in [5, 5.41) is 0.223. The molecule has 0 saturated heterocycles. The molecule has 1 aliphatic rings. The van der Waals surface area contributed by atoms with E-state index in [1.54, 1.807) is 12.4 Å². The van der Waals surface area contributed by atoms with Gasteiger partial charge in [0, 0.05) is 24.2 Å². The van der Waals surface area contributed by atoms with Gasteiger partial charge in [0.15, 0.2) is 0 Å². The largest absolute Gasteiger partial charge is 0.240 e. The van der Waals surface area contributed by atoms with Gasteiger partial charge in [0.2, 0.25) is 0 Å². The van der Waals surface area contributed by atoms with Crippen LogP contribution in [0, 0.1) is 5.92 Å². The molecule has 0 amide bonds. The summed E-state index contributed by atoms with van der Waals surface area (Å²) in [7, 11) is 0. The van der Waals surface area contributed by atoms with Gasteiger partial charge in [-0.1, -0.05) is 0 Å². The fraction of sp³-hybridized carbons (Fsp3) is 0.556. The van der Waals surface area contributed by atoms with Crippen LogP contribution in [0.1, 0.15) is 18.7 Å².